The first-order chi connectivity index (χ1) is 13.9. The normalized spacial score (nSPS) is 17.3. The van der Waals surface area contributed by atoms with Crippen LogP contribution in [-0.2, 0) is 4.79 Å². The number of amides is 2. The third kappa shape index (κ3) is 4.91. The van der Waals surface area contributed by atoms with E-state index < -0.39 is 29.1 Å². The highest BCUT2D eigenvalue weighted by atomic mass is 19.1. The number of likely N-dealkylation sites (tertiary alicyclic amines) is 1. The van der Waals surface area contributed by atoms with Crippen molar-refractivity contribution in [2.45, 2.75) is 32.4 Å². The molecule has 1 fully saturated rings. The molecule has 3 rings (SSSR count). The number of nitrogens with zero attached hydrogens (tertiary/aromatic N) is 1. The minimum absolute atomic E-state index is 0.105. The Morgan fingerprint density at radius 3 is 2.31 bits per heavy atom. The summed E-state index contributed by atoms with van der Waals surface area (Å²) >= 11 is 0. The van der Waals surface area contributed by atoms with Gasteiger partial charge in [0.15, 0.2) is 0 Å². The van der Waals surface area contributed by atoms with Gasteiger partial charge in [-0.3, -0.25) is 9.59 Å². The van der Waals surface area contributed by atoms with Crippen molar-refractivity contribution < 1.29 is 18.4 Å². The Bertz CT molecular complexity index is 853. The number of hydrogen-bond donors (Lipinski definition) is 2. The molecule has 2 amide bonds. The van der Waals surface area contributed by atoms with E-state index in [1.165, 1.54) is 6.07 Å². The van der Waals surface area contributed by atoms with Crippen LogP contribution in [0.2, 0.25) is 0 Å². The Balaban J connectivity index is 1.66. The minimum atomic E-state index is -0.953. The first-order valence-electron chi connectivity index (χ1n) is 9.72. The second-order valence-electron chi connectivity index (χ2n) is 7.57. The number of carbonyl (C=O) groups excluding carboxylic acids is 2. The van der Waals surface area contributed by atoms with Gasteiger partial charge in [-0.05, 0) is 36.6 Å². The van der Waals surface area contributed by atoms with E-state index in [2.05, 4.69) is 10.6 Å². The topological polar surface area (TPSA) is 61.4 Å². The third-order valence-corrected chi connectivity index (χ3v) is 5.05. The lowest BCUT2D eigenvalue weighted by Crippen LogP contribution is -2.51. The minimum Gasteiger partial charge on any atom is -0.380 e. The number of benzene rings is 2. The maximum atomic E-state index is 13.9. The van der Waals surface area contributed by atoms with Gasteiger partial charge in [0, 0.05) is 24.8 Å². The van der Waals surface area contributed by atoms with Crippen molar-refractivity contribution in [3.8, 4) is 0 Å². The zero-order valence-corrected chi connectivity index (χ0v) is 16.5. The number of hydrogen-bond acceptors (Lipinski definition) is 3. The zero-order valence-electron chi connectivity index (χ0n) is 16.5. The van der Waals surface area contributed by atoms with Crippen LogP contribution in [0, 0.1) is 17.6 Å². The predicted molar refractivity (Wildman–Crippen MR) is 107 cm³/mol. The molecule has 2 N–H and O–H groups in total. The fourth-order valence-electron chi connectivity index (χ4n) is 3.49. The smallest absolute Gasteiger partial charge is 0.257 e. The molecule has 1 heterocycles. The number of halogens is 2. The summed E-state index contributed by atoms with van der Waals surface area (Å²) in [6.07, 6.45) is 0.779. The SMILES string of the molecule is CC(C)C(NC(=O)c1c(F)cccc1F)C(=O)N1CCC(Nc2ccccc2)C1. The summed E-state index contributed by atoms with van der Waals surface area (Å²) < 4.78 is 27.8. The summed E-state index contributed by atoms with van der Waals surface area (Å²) in [5, 5.41) is 5.92. The van der Waals surface area contributed by atoms with Crippen molar-refractivity contribution in [2.24, 2.45) is 5.92 Å². The molecule has 1 aliphatic rings. The van der Waals surface area contributed by atoms with Crippen molar-refractivity contribution in [1.29, 1.82) is 0 Å². The number of carbonyl (C=O) groups is 2. The Labute approximate surface area is 169 Å². The van der Waals surface area contributed by atoms with E-state index in [1.807, 2.05) is 30.3 Å². The maximum absolute atomic E-state index is 13.9. The molecule has 29 heavy (non-hydrogen) atoms. The van der Waals surface area contributed by atoms with Gasteiger partial charge in [0.25, 0.3) is 5.91 Å². The molecule has 0 bridgehead atoms. The largest absolute Gasteiger partial charge is 0.380 e. The number of para-hydroxylation sites is 1. The highest BCUT2D eigenvalue weighted by Gasteiger charge is 2.34. The molecule has 5 nitrogen and oxygen atoms in total. The number of nitrogens with one attached hydrogen (secondary N) is 2. The molecular formula is C22H25F2N3O2. The Morgan fingerprint density at radius 1 is 1.03 bits per heavy atom. The van der Waals surface area contributed by atoms with Crippen molar-refractivity contribution >= 4 is 17.5 Å². The molecule has 2 atom stereocenters. The summed E-state index contributed by atoms with van der Waals surface area (Å²) in [5.74, 6) is -3.31. The van der Waals surface area contributed by atoms with Gasteiger partial charge in [-0.2, -0.15) is 0 Å². The average molecular weight is 401 g/mol. The molecule has 2 aromatic rings. The van der Waals surface area contributed by atoms with E-state index in [-0.39, 0.29) is 17.9 Å². The Morgan fingerprint density at radius 2 is 1.69 bits per heavy atom. The van der Waals surface area contributed by atoms with Crippen LogP contribution in [0.4, 0.5) is 14.5 Å². The fraction of sp³-hybridized carbons (Fsp3) is 0.364. The van der Waals surface area contributed by atoms with Crippen LogP contribution in [0.5, 0.6) is 0 Å². The molecule has 0 radical (unpaired) electrons. The summed E-state index contributed by atoms with van der Waals surface area (Å²) in [6, 6.07) is 12.2. The van der Waals surface area contributed by atoms with Gasteiger partial charge in [0.2, 0.25) is 5.91 Å². The fourth-order valence-corrected chi connectivity index (χ4v) is 3.49. The summed E-state index contributed by atoms with van der Waals surface area (Å²) in [4.78, 5) is 27.2. The Hall–Kier alpha value is -2.96. The van der Waals surface area contributed by atoms with E-state index in [1.54, 1.807) is 18.7 Å². The number of rotatable bonds is 6. The predicted octanol–water partition coefficient (Wildman–Crippen LogP) is 3.43. The van der Waals surface area contributed by atoms with E-state index >= 15 is 0 Å². The molecular weight excluding hydrogens is 376 g/mol. The first-order valence-corrected chi connectivity index (χ1v) is 9.72. The van der Waals surface area contributed by atoms with E-state index in [0.717, 1.165) is 24.2 Å². The highest BCUT2D eigenvalue weighted by Crippen LogP contribution is 2.19. The van der Waals surface area contributed by atoms with E-state index in [0.29, 0.717) is 13.1 Å². The monoisotopic (exact) mass is 401 g/mol. The van der Waals surface area contributed by atoms with Crippen LogP contribution in [0.1, 0.15) is 30.6 Å². The molecule has 0 aromatic heterocycles. The quantitative estimate of drug-likeness (QED) is 0.780. The molecule has 154 valence electrons. The molecule has 0 saturated carbocycles. The summed E-state index contributed by atoms with van der Waals surface area (Å²) in [5.41, 5.74) is 0.312. The lowest BCUT2D eigenvalue weighted by atomic mass is 10.0. The maximum Gasteiger partial charge on any atom is 0.257 e. The van der Waals surface area contributed by atoms with Gasteiger partial charge in [0.05, 0.1) is 0 Å². The average Bonchev–Trinajstić information content (AvgIpc) is 3.14. The van der Waals surface area contributed by atoms with Crippen LogP contribution >= 0.6 is 0 Å². The van der Waals surface area contributed by atoms with Gasteiger partial charge < -0.3 is 15.5 Å². The van der Waals surface area contributed by atoms with Gasteiger partial charge in [-0.15, -0.1) is 0 Å². The van der Waals surface area contributed by atoms with Gasteiger partial charge in [-0.25, -0.2) is 8.78 Å². The van der Waals surface area contributed by atoms with Gasteiger partial charge in [-0.1, -0.05) is 38.1 Å². The van der Waals surface area contributed by atoms with Crippen LogP contribution in [0.3, 0.4) is 0 Å². The second-order valence-corrected chi connectivity index (χ2v) is 7.57. The van der Waals surface area contributed by atoms with Crippen molar-refractivity contribution in [3.63, 3.8) is 0 Å². The molecule has 2 unspecified atom stereocenters. The standard InChI is InChI=1S/C22H25F2N3O2/c1-14(2)20(26-21(28)19-17(23)9-6-10-18(19)24)22(29)27-12-11-16(13-27)25-15-7-4-3-5-8-15/h3-10,14,16,20,25H,11-13H2,1-2H3,(H,26,28). The van der Waals surface area contributed by atoms with Crippen LogP contribution < -0.4 is 10.6 Å². The van der Waals surface area contributed by atoms with Crippen molar-refractivity contribution in [2.75, 3.05) is 18.4 Å². The van der Waals surface area contributed by atoms with Crippen LogP contribution in [0.25, 0.3) is 0 Å². The highest BCUT2D eigenvalue weighted by molar-refractivity contribution is 5.98. The molecule has 7 heteroatoms. The number of anilines is 1. The van der Waals surface area contributed by atoms with E-state index in [4.69, 9.17) is 0 Å². The molecule has 0 spiro atoms. The summed E-state index contributed by atoms with van der Waals surface area (Å²) in [6.45, 7) is 4.63. The molecule has 1 saturated heterocycles. The lowest BCUT2D eigenvalue weighted by molar-refractivity contribution is -0.133. The molecule has 0 aliphatic carbocycles. The van der Waals surface area contributed by atoms with E-state index in [9.17, 15) is 18.4 Å². The molecule has 1 aliphatic heterocycles. The van der Waals surface area contributed by atoms with Crippen molar-refractivity contribution in [1.82, 2.24) is 10.2 Å². The van der Waals surface area contributed by atoms with Gasteiger partial charge >= 0.3 is 0 Å². The molecule has 2 aromatic carbocycles. The Kier molecular flexibility index (Phi) is 6.46. The van der Waals surface area contributed by atoms with Gasteiger partial charge in [0.1, 0.15) is 23.2 Å². The van der Waals surface area contributed by atoms with Crippen LogP contribution in [-0.4, -0.2) is 41.9 Å². The third-order valence-electron chi connectivity index (χ3n) is 5.05. The second kappa shape index (κ2) is 9.03. The van der Waals surface area contributed by atoms with Crippen LogP contribution in [0.15, 0.2) is 48.5 Å². The zero-order chi connectivity index (χ0) is 21.0. The summed E-state index contributed by atoms with van der Waals surface area (Å²) in [7, 11) is 0. The first kappa shape index (κ1) is 20.8. The van der Waals surface area contributed by atoms with Crippen molar-refractivity contribution in [3.05, 3.63) is 65.7 Å². The lowest BCUT2D eigenvalue weighted by Gasteiger charge is -2.27.